The Morgan fingerprint density at radius 3 is 2.10 bits per heavy atom. The SMILES string of the molecule is O=Cc1ccc(-c2ccc(OSP)cc2)[se]1.Oc1ccc(-c2ccc[se]2)cc1.[TlH2]. The fourth-order valence-electron chi connectivity index (χ4n) is 2.37. The summed E-state index contributed by atoms with van der Waals surface area (Å²) in [4.78, 5) is 12.8. The molecule has 0 saturated carbocycles. The number of carbonyl (C=O) groups is 1. The summed E-state index contributed by atoms with van der Waals surface area (Å²) >= 11 is 1.88. The fourth-order valence-corrected chi connectivity index (χ4v) is 6.20. The van der Waals surface area contributed by atoms with E-state index in [1.54, 1.807) is 12.1 Å². The molecule has 4 aromatic rings. The van der Waals surface area contributed by atoms with Crippen LogP contribution in [0.4, 0.5) is 0 Å². The van der Waals surface area contributed by atoms with Gasteiger partial charge < -0.3 is 0 Å². The molecular weight excluding hydrogens is 726 g/mol. The van der Waals surface area contributed by atoms with E-state index in [0.717, 1.165) is 22.0 Å². The summed E-state index contributed by atoms with van der Waals surface area (Å²) in [6.07, 6.45) is 0.936. The minimum absolute atomic E-state index is 0. The van der Waals surface area contributed by atoms with Crippen LogP contribution in [0.3, 0.4) is 0 Å². The first kappa shape index (κ1) is 24.7. The molecule has 0 fully saturated rings. The van der Waals surface area contributed by atoms with Gasteiger partial charge in [0.2, 0.25) is 0 Å². The number of hydrogen-bond donors (Lipinski definition) is 1. The van der Waals surface area contributed by atoms with E-state index < -0.39 is 0 Å². The Balaban J connectivity index is 0.000000207. The molecule has 0 aliphatic heterocycles. The molecule has 3 nitrogen and oxygen atoms in total. The van der Waals surface area contributed by atoms with Gasteiger partial charge in [-0.3, -0.25) is 0 Å². The molecule has 0 spiro atoms. The summed E-state index contributed by atoms with van der Waals surface area (Å²) < 4.78 is 8.77. The van der Waals surface area contributed by atoms with Gasteiger partial charge in [-0.1, -0.05) is 0 Å². The van der Waals surface area contributed by atoms with Gasteiger partial charge in [-0.25, -0.2) is 0 Å². The van der Waals surface area contributed by atoms with Gasteiger partial charge in [0.1, 0.15) is 0 Å². The standard InChI is InChI=1S/C11H9O2PSSe.C10H8OSe.Tl.2H/c12-7-10-5-6-11(16-10)8-1-3-9(4-2-8)13-15-14;11-9-5-3-8(4-6-9)10-2-1-7-12-10;;;/h1-7H,14H2;1-7,11H;;;. The van der Waals surface area contributed by atoms with Crippen molar-refractivity contribution in [3.05, 3.63) is 82.2 Å². The average molecular weight is 745 g/mol. The summed E-state index contributed by atoms with van der Waals surface area (Å²) in [5.74, 6) is 1.16. The Morgan fingerprint density at radius 1 is 0.897 bits per heavy atom. The average Bonchev–Trinajstić information content (AvgIpc) is 3.42. The Hall–Kier alpha value is -0.589. The Kier molecular flexibility index (Phi) is 11.0. The summed E-state index contributed by atoms with van der Waals surface area (Å²) in [5, 5.41) is 9.07. The molecule has 0 saturated heterocycles. The van der Waals surface area contributed by atoms with Crippen LogP contribution in [0, 0.1) is 0 Å². The molecule has 0 aliphatic rings. The molecule has 0 aliphatic carbocycles. The number of hydrogen-bond acceptors (Lipinski definition) is 4. The van der Waals surface area contributed by atoms with Gasteiger partial charge in [-0.2, -0.15) is 0 Å². The van der Waals surface area contributed by atoms with Gasteiger partial charge in [0.05, 0.1) is 0 Å². The monoisotopic (exact) mass is 747 g/mol. The van der Waals surface area contributed by atoms with E-state index in [4.69, 9.17) is 9.29 Å². The first-order valence-electron chi connectivity index (χ1n) is 8.21. The molecule has 147 valence electrons. The van der Waals surface area contributed by atoms with E-state index in [1.165, 1.54) is 26.1 Å². The first-order chi connectivity index (χ1) is 13.7. The van der Waals surface area contributed by atoms with Gasteiger partial charge >= 0.3 is 210 Å². The number of phenolic OH excluding ortho intramolecular Hbond substituents is 1. The molecule has 1 N–H and O–H groups in total. The fraction of sp³-hybridized carbons (Fsp3) is 0. The molecule has 2 aromatic carbocycles. The predicted molar refractivity (Wildman–Crippen MR) is 131 cm³/mol. The van der Waals surface area contributed by atoms with E-state index in [1.807, 2.05) is 48.5 Å². The molecule has 2 aromatic heterocycles. The molecule has 4 rings (SSSR count). The van der Waals surface area contributed by atoms with Crippen LogP contribution in [0.2, 0.25) is 0 Å². The van der Waals surface area contributed by atoms with Crippen LogP contribution in [-0.4, -0.2) is 67.7 Å². The maximum absolute atomic E-state index is 10.6. The molecule has 2 heterocycles. The van der Waals surface area contributed by atoms with Crippen LogP contribution < -0.4 is 4.18 Å². The second-order valence-corrected chi connectivity index (χ2v) is 10.8. The number of benzene rings is 2. The second-order valence-electron chi connectivity index (χ2n) is 5.55. The van der Waals surface area contributed by atoms with E-state index in [9.17, 15) is 4.79 Å². The van der Waals surface area contributed by atoms with Crippen LogP contribution in [0.1, 0.15) is 9.23 Å². The number of aromatic hydroxyl groups is 1. The zero-order valence-corrected chi connectivity index (χ0v) is 28.8. The van der Waals surface area contributed by atoms with Crippen molar-refractivity contribution >= 4 is 82.7 Å². The summed E-state index contributed by atoms with van der Waals surface area (Å²) in [5.41, 5.74) is 2.38. The van der Waals surface area contributed by atoms with E-state index in [-0.39, 0.29) is 41.8 Å². The summed E-state index contributed by atoms with van der Waals surface area (Å²) in [6.45, 7) is 0. The van der Waals surface area contributed by atoms with Crippen molar-refractivity contribution in [3.8, 4) is 31.5 Å². The topological polar surface area (TPSA) is 46.5 Å². The zero-order chi connectivity index (χ0) is 19.8. The predicted octanol–water partition coefficient (Wildman–Crippen LogP) is 4.24. The van der Waals surface area contributed by atoms with Crippen molar-refractivity contribution in [2.75, 3.05) is 0 Å². The molecular formula is C21H19O3PSSe2Tl. The minimum atomic E-state index is 0. The van der Waals surface area contributed by atoms with Crippen molar-refractivity contribution in [2.24, 2.45) is 0 Å². The van der Waals surface area contributed by atoms with E-state index in [2.05, 4.69) is 25.5 Å². The Labute approximate surface area is 208 Å². The number of rotatable bonds is 5. The summed E-state index contributed by atoms with van der Waals surface area (Å²) in [6, 6.07) is 23.4. The van der Waals surface area contributed by atoms with Crippen molar-refractivity contribution < 1.29 is 14.1 Å². The quantitative estimate of drug-likeness (QED) is 0.144. The van der Waals surface area contributed by atoms with Crippen LogP contribution >= 0.6 is 20.1 Å². The molecule has 1 atom stereocenters. The third-order valence-electron chi connectivity index (χ3n) is 3.70. The first-order valence-corrected chi connectivity index (χ1v) is 14.0. The molecule has 29 heavy (non-hydrogen) atoms. The number of phenols is 1. The number of carbonyl (C=O) groups excluding carboxylic acids is 1. The van der Waals surface area contributed by atoms with Crippen LogP contribution in [-0.2, 0) is 0 Å². The van der Waals surface area contributed by atoms with E-state index >= 15 is 0 Å². The van der Waals surface area contributed by atoms with Gasteiger partial charge in [0.25, 0.3) is 0 Å². The molecule has 0 amide bonds. The van der Waals surface area contributed by atoms with Gasteiger partial charge in [0, 0.05) is 0 Å². The third-order valence-corrected chi connectivity index (χ3v) is 8.43. The van der Waals surface area contributed by atoms with Gasteiger partial charge in [0.15, 0.2) is 0 Å². The summed E-state index contributed by atoms with van der Waals surface area (Å²) in [7, 11) is 2.44. The molecule has 1 unspecified atom stereocenters. The molecule has 8 heteroatoms. The van der Waals surface area contributed by atoms with Crippen molar-refractivity contribution in [1.82, 2.24) is 0 Å². The van der Waals surface area contributed by atoms with Crippen LogP contribution in [0.5, 0.6) is 11.5 Å². The van der Waals surface area contributed by atoms with Crippen LogP contribution in [0.25, 0.3) is 20.0 Å². The van der Waals surface area contributed by atoms with Crippen molar-refractivity contribution in [1.29, 1.82) is 0 Å². The van der Waals surface area contributed by atoms with E-state index in [0.29, 0.717) is 20.3 Å². The normalized spacial score (nSPS) is 9.69. The van der Waals surface area contributed by atoms with Gasteiger partial charge in [-0.15, -0.1) is 0 Å². The Bertz CT molecular complexity index is 1000. The second kappa shape index (κ2) is 13.0. The van der Waals surface area contributed by atoms with Gasteiger partial charge in [-0.05, 0) is 0 Å². The molecule has 1 radical (unpaired) electrons. The number of aldehydes is 1. The zero-order valence-electron chi connectivity index (χ0n) is 15.6. The molecule has 0 bridgehead atoms. The maximum atomic E-state index is 10.6. The van der Waals surface area contributed by atoms with Crippen molar-refractivity contribution in [3.63, 3.8) is 0 Å². The van der Waals surface area contributed by atoms with Crippen LogP contribution in [0.15, 0.2) is 77.7 Å². The van der Waals surface area contributed by atoms with Crippen molar-refractivity contribution in [2.45, 2.75) is 0 Å². The third kappa shape index (κ3) is 7.55. The Morgan fingerprint density at radius 2 is 1.55 bits per heavy atom.